The number of rotatable bonds is 3. The summed E-state index contributed by atoms with van der Waals surface area (Å²) in [5.74, 6) is -1.70. The third kappa shape index (κ3) is 2.90. The normalized spacial score (nSPS) is 15.0. The van der Waals surface area contributed by atoms with Gasteiger partial charge in [0, 0.05) is 4.91 Å². The number of benzene rings is 1. The molecule has 0 heterocycles. The first kappa shape index (κ1) is 12.4. The van der Waals surface area contributed by atoms with Gasteiger partial charge in [0.05, 0.1) is 12.0 Å². The number of hydrogen-bond donors (Lipinski definition) is 0. The number of azide groups is 1. The second-order valence-electron chi connectivity index (χ2n) is 3.39. The topological polar surface area (TPSA) is 48.8 Å². The summed E-state index contributed by atoms with van der Waals surface area (Å²) < 4.78 is 37.6. The zero-order valence-electron chi connectivity index (χ0n) is 8.52. The van der Waals surface area contributed by atoms with E-state index in [0.29, 0.717) is 5.56 Å². The first-order chi connectivity index (χ1) is 7.46. The van der Waals surface area contributed by atoms with Crippen LogP contribution in [0.3, 0.4) is 0 Å². The molecule has 1 rings (SSSR count). The summed E-state index contributed by atoms with van der Waals surface area (Å²) >= 11 is 0. The van der Waals surface area contributed by atoms with Crippen molar-refractivity contribution in [2.24, 2.45) is 11.0 Å². The van der Waals surface area contributed by atoms with Crippen molar-refractivity contribution in [1.29, 1.82) is 0 Å². The van der Waals surface area contributed by atoms with Crippen molar-refractivity contribution in [2.75, 3.05) is 0 Å². The molecule has 1 aromatic rings. The molecule has 0 N–H and O–H groups in total. The van der Waals surface area contributed by atoms with Gasteiger partial charge in [0.1, 0.15) is 0 Å². The number of halogens is 3. The van der Waals surface area contributed by atoms with E-state index in [2.05, 4.69) is 10.0 Å². The van der Waals surface area contributed by atoms with E-state index in [0.717, 1.165) is 6.92 Å². The Balaban J connectivity index is 3.06. The maximum atomic E-state index is 12.5. The van der Waals surface area contributed by atoms with Crippen LogP contribution in [0.5, 0.6) is 0 Å². The second-order valence-corrected chi connectivity index (χ2v) is 3.39. The van der Waals surface area contributed by atoms with Crippen molar-refractivity contribution in [2.45, 2.75) is 19.1 Å². The van der Waals surface area contributed by atoms with E-state index < -0.39 is 18.1 Å². The van der Waals surface area contributed by atoms with Crippen LogP contribution >= 0.6 is 0 Å². The minimum atomic E-state index is -4.38. The summed E-state index contributed by atoms with van der Waals surface area (Å²) in [6, 6.07) is 6.72. The predicted molar refractivity (Wildman–Crippen MR) is 53.5 cm³/mol. The van der Waals surface area contributed by atoms with Crippen LogP contribution in [0.1, 0.15) is 18.5 Å². The average molecular weight is 229 g/mol. The van der Waals surface area contributed by atoms with Gasteiger partial charge in [-0.1, -0.05) is 42.4 Å². The van der Waals surface area contributed by atoms with Crippen molar-refractivity contribution in [1.82, 2.24) is 0 Å². The fraction of sp³-hybridized carbons (Fsp3) is 0.400. The molecule has 0 radical (unpaired) electrons. The zero-order valence-corrected chi connectivity index (χ0v) is 8.52. The van der Waals surface area contributed by atoms with Crippen LogP contribution in [-0.4, -0.2) is 6.18 Å². The van der Waals surface area contributed by atoms with Crippen molar-refractivity contribution in [3.05, 3.63) is 46.3 Å². The third-order valence-corrected chi connectivity index (χ3v) is 2.31. The molecule has 16 heavy (non-hydrogen) atoms. The standard InChI is InChI=1S/C10H10F3N3/c1-7(10(11,12)13)9(15-16-14)8-5-3-2-4-6-8/h2-7,9H,1H3/t7-,9+/m1/s1. The van der Waals surface area contributed by atoms with Crippen molar-refractivity contribution in [3.63, 3.8) is 0 Å². The summed E-state index contributed by atoms with van der Waals surface area (Å²) in [5.41, 5.74) is 8.67. The van der Waals surface area contributed by atoms with Gasteiger partial charge in [-0.25, -0.2) is 0 Å². The van der Waals surface area contributed by atoms with Gasteiger partial charge in [0.15, 0.2) is 0 Å². The van der Waals surface area contributed by atoms with Crippen molar-refractivity contribution < 1.29 is 13.2 Å². The van der Waals surface area contributed by atoms with Gasteiger partial charge in [0.25, 0.3) is 0 Å². The van der Waals surface area contributed by atoms with Crippen LogP contribution in [0.25, 0.3) is 10.4 Å². The van der Waals surface area contributed by atoms with Crippen LogP contribution < -0.4 is 0 Å². The van der Waals surface area contributed by atoms with Crippen LogP contribution in [0.2, 0.25) is 0 Å². The molecule has 1 aromatic carbocycles. The maximum absolute atomic E-state index is 12.5. The van der Waals surface area contributed by atoms with Crippen LogP contribution in [-0.2, 0) is 0 Å². The summed E-state index contributed by atoms with van der Waals surface area (Å²) in [5, 5.41) is 3.22. The van der Waals surface area contributed by atoms with Gasteiger partial charge in [-0.3, -0.25) is 0 Å². The van der Waals surface area contributed by atoms with Gasteiger partial charge in [-0.05, 0) is 11.1 Å². The lowest BCUT2D eigenvalue weighted by Gasteiger charge is -2.22. The average Bonchev–Trinajstić information content (AvgIpc) is 2.25. The summed E-state index contributed by atoms with van der Waals surface area (Å²) in [6.07, 6.45) is -4.38. The van der Waals surface area contributed by atoms with E-state index in [1.165, 1.54) is 12.1 Å². The molecule has 0 aliphatic carbocycles. The highest BCUT2D eigenvalue weighted by molar-refractivity contribution is 5.20. The minimum absolute atomic E-state index is 0.366. The fourth-order valence-corrected chi connectivity index (χ4v) is 1.34. The first-order valence-corrected chi connectivity index (χ1v) is 4.62. The lowest BCUT2D eigenvalue weighted by molar-refractivity contribution is -0.175. The lowest BCUT2D eigenvalue weighted by Crippen LogP contribution is -2.25. The van der Waals surface area contributed by atoms with Crippen molar-refractivity contribution in [3.8, 4) is 0 Å². The molecule has 3 nitrogen and oxygen atoms in total. The Bertz CT molecular complexity index is 382. The van der Waals surface area contributed by atoms with E-state index in [9.17, 15) is 13.2 Å². The van der Waals surface area contributed by atoms with Crippen LogP contribution in [0.4, 0.5) is 13.2 Å². The molecule has 0 amide bonds. The molecular formula is C10H10F3N3. The molecule has 0 fully saturated rings. The van der Waals surface area contributed by atoms with E-state index in [1.54, 1.807) is 18.2 Å². The van der Waals surface area contributed by atoms with E-state index in [4.69, 9.17) is 5.53 Å². The highest BCUT2D eigenvalue weighted by Crippen LogP contribution is 2.38. The van der Waals surface area contributed by atoms with Gasteiger partial charge in [-0.2, -0.15) is 13.2 Å². The molecule has 0 aliphatic rings. The van der Waals surface area contributed by atoms with Gasteiger partial charge >= 0.3 is 6.18 Å². The number of nitrogens with zero attached hydrogens (tertiary/aromatic N) is 3. The molecule has 0 saturated heterocycles. The fourth-order valence-electron chi connectivity index (χ4n) is 1.34. The van der Waals surface area contributed by atoms with Gasteiger partial charge in [-0.15, -0.1) is 0 Å². The van der Waals surface area contributed by atoms with Gasteiger partial charge < -0.3 is 0 Å². The zero-order chi connectivity index (χ0) is 12.2. The molecule has 0 saturated carbocycles. The van der Waals surface area contributed by atoms with E-state index in [-0.39, 0.29) is 0 Å². The van der Waals surface area contributed by atoms with Crippen LogP contribution in [0.15, 0.2) is 35.4 Å². The van der Waals surface area contributed by atoms with E-state index in [1.807, 2.05) is 0 Å². The maximum Gasteiger partial charge on any atom is 0.392 e. The molecular weight excluding hydrogens is 219 g/mol. The Labute approximate surface area is 90.5 Å². The SMILES string of the molecule is C[C@H]([C@H](N=[N+]=[N-])c1ccccc1)C(F)(F)F. The highest BCUT2D eigenvalue weighted by Gasteiger charge is 2.41. The molecule has 0 bridgehead atoms. The van der Waals surface area contributed by atoms with Crippen molar-refractivity contribution >= 4 is 0 Å². The molecule has 0 aliphatic heterocycles. The number of alkyl halides is 3. The Morgan fingerprint density at radius 2 is 1.81 bits per heavy atom. The molecule has 0 spiro atoms. The molecule has 86 valence electrons. The highest BCUT2D eigenvalue weighted by atomic mass is 19.4. The van der Waals surface area contributed by atoms with Gasteiger partial charge in [0.2, 0.25) is 0 Å². The number of hydrogen-bond acceptors (Lipinski definition) is 1. The second kappa shape index (κ2) is 4.90. The predicted octanol–water partition coefficient (Wildman–Crippen LogP) is 4.24. The lowest BCUT2D eigenvalue weighted by atomic mass is 9.95. The largest absolute Gasteiger partial charge is 0.392 e. The first-order valence-electron chi connectivity index (χ1n) is 4.62. The molecule has 6 heteroatoms. The Hall–Kier alpha value is -1.68. The monoisotopic (exact) mass is 229 g/mol. The molecule has 0 unspecified atom stereocenters. The third-order valence-electron chi connectivity index (χ3n) is 2.31. The van der Waals surface area contributed by atoms with E-state index >= 15 is 0 Å². The summed E-state index contributed by atoms with van der Waals surface area (Å²) in [4.78, 5) is 2.47. The quantitative estimate of drug-likeness (QED) is 0.423. The molecule has 0 aromatic heterocycles. The Morgan fingerprint density at radius 1 is 1.25 bits per heavy atom. The van der Waals surface area contributed by atoms with Crippen LogP contribution in [0, 0.1) is 5.92 Å². The smallest absolute Gasteiger partial charge is 0.171 e. The molecule has 2 atom stereocenters. The minimum Gasteiger partial charge on any atom is -0.171 e. The summed E-state index contributed by atoms with van der Waals surface area (Å²) in [7, 11) is 0. The Morgan fingerprint density at radius 3 is 2.25 bits per heavy atom. The Kier molecular flexibility index (Phi) is 3.79. The summed E-state index contributed by atoms with van der Waals surface area (Å²) in [6.45, 7) is 1.01.